The molecule has 2 amide bonds. The van der Waals surface area contributed by atoms with Crippen molar-refractivity contribution in [2.24, 2.45) is 5.73 Å². The van der Waals surface area contributed by atoms with Crippen molar-refractivity contribution in [1.29, 1.82) is 0 Å². The van der Waals surface area contributed by atoms with Crippen LogP contribution in [0.2, 0.25) is 5.02 Å². The molecule has 0 radical (unpaired) electrons. The lowest BCUT2D eigenvalue weighted by Gasteiger charge is -2.06. The summed E-state index contributed by atoms with van der Waals surface area (Å²) in [5.41, 5.74) is 6.67. The van der Waals surface area contributed by atoms with E-state index >= 15 is 0 Å². The largest absolute Gasteiger partial charge is 0.508 e. The summed E-state index contributed by atoms with van der Waals surface area (Å²) in [6.45, 7) is 1.74. The van der Waals surface area contributed by atoms with Crippen LogP contribution in [0.4, 0.5) is 10.5 Å². The maximum Gasteiger partial charge on any atom is 0.316 e. The number of carbonyl (C=O) groups excluding carboxylic acids is 2. The molecule has 0 saturated heterocycles. The number of carbonyl (C=O) groups is 2. The molecule has 1 heterocycles. The summed E-state index contributed by atoms with van der Waals surface area (Å²) in [5.74, 6) is -0.521. The highest BCUT2D eigenvalue weighted by Crippen LogP contribution is 2.35. The number of nitrogens with two attached hydrogens (primary N) is 1. The Kier molecular flexibility index (Phi) is 3.91. The van der Waals surface area contributed by atoms with E-state index in [1.165, 1.54) is 18.2 Å². The van der Waals surface area contributed by atoms with Crippen LogP contribution in [-0.4, -0.2) is 16.9 Å². The molecule has 0 aliphatic carbocycles. The summed E-state index contributed by atoms with van der Waals surface area (Å²) < 4.78 is 5.57. The van der Waals surface area contributed by atoms with Crippen molar-refractivity contribution in [3.8, 4) is 5.75 Å². The molecule has 6 nitrogen and oxygen atoms in total. The molecular weight excluding hydrogens is 332 g/mol. The highest BCUT2D eigenvalue weighted by Gasteiger charge is 2.24. The van der Waals surface area contributed by atoms with Crippen LogP contribution in [0, 0.1) is 6.92 Å². The van der Waals surface area contributed by atoms with Crippen LogP contribution in [0.3, 0.4) is 0 Å². The third-order valence-corrected chi connectivity index (χ3v) is 3.80. The van der Waals surface area contributed by atoms with E-state index in [1.54, 1.807) is 25.1 Å². The second kappa shape index (κ2) is 5.90. The zero-order chi connectivity index (χ0) is 17.4. The SMILES string of the molecule is Cc1cc(Cl)ccc1C(=O)c1oc2cc(O)ccc2c1NC(N)=O. The van der Waals surface area contributed by atoms with Crippen molar-refractivity contribution in [3.63, 3.8) is 0 Å². The van der Waals surface area contributed by atoms with Crippen molar-refractivity contribution < 1.29 is 19.1 Å². The first-order chi connectivity index (χ1) is 11.4. The standard InChI is InChI=1S/C17H13ClN2O4/c1-8-6-9(18)2-4-11(8)15(22)16-14(20-17(19)23)12-5-3-10(21)7-13(12)24-16/h2-7,21H,1H3,(H3,19,20,23). The summed E-state index contributed by atoms with van der Waals surface area (Å²) in [4.78, 5) is 24.1. The summed E-state index contributed by atoms with van der Waals surface area (Å²) in [6, 6.07) is 8.32. The number of phenols is 1. The zero-order valence-corrected chi connectivity index (χ0v) is 13.3. The number of benzene rings is 2. The van der Waals surface area contributed by atoms with Crippen molar-refractivity contribution in [2.75, 3.05) is 5.32 Å². The molecule has 0 bridgehead atoms. The van der Waals surface area contributed by atoms with E-state index in [4.69, 9.17) is 21.8 Å². The van der Waals surface area contributed by atoms with Gasteiger partial charge >= 0.3 is 6.03 Å². The summed E-state index contributed by atoms with van der Waals surface area (Å²) in [7, 11) is 0. The number of aryl methyl sites for hydroxylation is 1. The van der Waals surface area contributed by atoms with Crippen molar-refractivity contribution in [3.05, 3.63) is 58.3 Å². The average molecular weight is 345 g/mol. The highest BCUT2D eigenvalue weighted by atomic mass is 35.5. The Balaban J connectivity index is 2.20. The predicted octanol–water partition coefficient (Wildman–Crippen LogP) is 3.82. The number of hydrogen-bond acceptors (Lipinski definition) is 4. The normalized spacial score (nSPS) is 10.8. The molecule has 122 valence electrons. The number of furan rings is 1. The minimum Gasteiger partial charge on any atom is -0.508 e. The summed E-state index contributed by atoms with van der Waals surface area (Å²) >= 11 is 5.91. The smallest absolute Gasteiger partial charge is 0.316 e. The van der Waals surface area contributed by atoms with Gasteiger partial charge in [0.1, 0.15) is 17.0 Å². The number of aromatic hydroxyl groups is 1. The van der Waals surface area contributed by atoms with Gasteiger partial charge in [-0.25, -0.2) is 4.79 Å². The van der Waals surface area contributed by atoms with E-state index in [9.17, 15) is 14.7 Å². The summed E-state index contributed by atoms with van der Waals surface area (Å²) in [6.07, 6.45) is 0. The number of phenolic OH excluding ortho intramolecular Hbond substituents is 1. The molecule has 0 atom stereocenters. The van der Waals surface area contributed by atoms with Crippen LogP contribution >= 0.6 is 11.6 Å². The fraction of sp³-hybridized carbons (Fsp3) is 0.0588. The molecule has 3 aromatic rings. The molecule has 0 saturated carbocycles. The lowest BCUT2D eigenvalue weighted by molar-refractivity contribution is 0.101. The van der Waals surface area contributed by atoms with Crippen LogP contribution in [0.15, 0.2) is 40.8 Å². The first-order valence-electron chi connectivity index (χ1n) is 6.99. The van der Waals surface area contributed by atoms with Gasteiger partial charge in [-0.1, -0.05) is 11.6 Å². The van der Waals surface area contributed by atoms with Gasteiger partial charge in [-0.05, 0) is 42.8 Å². The van der Waals surface area contributed by atoms with Crippen LogP contribution < -0.4 is 11.1 Å². The maximum absolute atomic E-state index is 12.8. The maximum atomic E-state index is 12.8. The van der Waals surface area contributed by atoms with Gasteiger partial charge in [0.15, 0.2) is 5.76 Å². The molecule has 0 aliphatic heterocycles. The Morgan fingerprint density at radius 1 is 1.21 bits per heavy atom. The quantitative estimate of drug-likeness (QED) is 0.628. The molecule has 0 spiro atoms. The van der Waals surface area contributed by atoms with E-state index in [1.807, 2.05) is 0 Å². The minimum absolute atomic E-state index is 0.0245. The fourth-order valence-electron chi connectivity index (χ4n) is 2.50. The Labute approximate surface area is 141 Å². The third kappa shape index (κ3) is 2.79. The number of primary amides is 1. The lowest BCUT2D eigenvalue weighted by Crippen LogP contribution is -2.20. The molecular formula is C17H13ClN2O4. The van der Waals surface area contributed by atoms with Gasteiger partial charge in [0, 0.05) is 22.0 Å². The van der Waals surface area contributed by atoms with Gasteiger partial charge in [-0.2, -0.15) is 0 Å². The van der Waals surface area contributed by atoms with Crippen LogP contribution in [-0.2, 0) is 0 Å². The second-order valence-electron chi connectivity index (χ2n) is 5.26. The molecule has 24 heavy (non-hydrogen) atoms. The van der Waals surface area contributed by atoms with Crippen molar-refractivity contribution in [1.82, 2.24) is 0 Å². The molecule has 0 aliphatic rings. The predicted molar refractivity (Wildman–Crippen MR) is 90.7 cm³/mol. The van der Waals surface area contributed by atoms with Gasteiger partial charge in [-0.3, -0.25) is 4.79 Å². The minimum atomic E-state index is -0.826. The molecule has 2 aromatic carbocycles. The topological polar surface area (TPSA) is 106 Å². The molecule has 4 N–H and O–H groups in total. The van der Waals surface area contributed by atoms with Crippen molar-refractivity contribution in [2.45, 2.75) is 6.92 Å². The Morgan fingerprint density at radius 2 is 1.96 bits per heavy atom. The molecule has 0 unspecified atom stereocenters. The molecule has 3 rings (SSSR count). The summed E-state index contributed by atoms with van der Waals surface area (Å²) in [5, 5.41) is 13.0. The van der Waals surface area contributed by atoms with E-state index in [0.29, 0.717) is 21.5 Å². The first kappa shape index (κ1) is 15.9. The number of fused-ring (bicyclic) bond motifs is 1. The first-order valence-corrected chi connectivity index (χ1v) is 7.37. The van der Waals surface area contributed by atoms with Crippen LogP contribution in [0.25, 0.3) is 11.0 Å². The number of urea groups is 1. The van der Waals surface area contributed by atoms with E-state index < -0.39 is 11.8 Å². The van der Waals surface area contributed by atoms with E-state index in [-0.39, 0.29) is 22.8 Å². The van der Waals surface area contributed by atoms with Gasteiger partial charge in [0.25, 0.3) is 0 Å². The van der Waals surface area contributed by atoms with Crippen molar-refractivity contribution >= 4 is 40.1 Å². The van der Waals surface area contributed by atoms with Crippen LogP contribution in [0.5, 0.6) is 5.75 Å². The molecule has 7 heteroatoms. The number of ketones is 1. The Bertz CT molecular complexity index is 978. The van der Waals surface area contributed by atoms with Gasteiger partial charge in [0.2, 0.25) is 5.78 Å². The fourth-order valence-corrected chi connectivity index (χ4v) is 2.72. The molecule has 0 fully saturated rings. The number of halogens is 1. The second-order valence-corrected chi connectivity index (χ2v) is 5.70. The Hall–Kier alpha value is -2.99. The zero-order valence-electron chi connectivity index (χ0n) is 12.6. The van der Waals surface area contributed by atoms with Gasteiger partial charge < -0.3 is 20.6 Å². The van der Waals surface area contributed by atoms with E-state index in [2.05, 4.69) is 5.32 Å². The average Bonchev–Trinajstić information content (AvgIpc) is 2.83. The number of anilines is 1. The van der Waals surface area contributed by atoms with Crippen LogP contribution in [0.1, 0.15) is 21.7 Å². The number of hydrogen-bond donors (Lipinski definition) is 3. The van der Waals surface area contributed by atoms with Gasteiger partial charge in [0.05, 0.1) is 0 Å². The number of amides is 2. The third-order valence-electron chi connectivity index (χ3n) is 3.56. The molecule has 1 aromatic heterocycles. The highest BCUT2D eigenvalue weighted by molar-refractivity contribution is 6.31. The monoisotopic (exact) mass is 344 g/mol. The van der Waals surface area contributed by atoms with Gasteiger partial charge in [-0.15, -0.1) is 0 Å². The number of nitrogens with one attached hydrogen (secondary N) is 1. The number of rotatable bonds is 3. The lowest BCUT2D eigenvalue weighted by atomic mass is 10.0. The van der Waals surface area contributed by atoms with E-state index in [0.717, 1.165) is 0 Å². The Morgan fingerprint density at radius 3 is 2.62 bits per heavy atom.